The van der Waals surface area contributed by atoms with Crippen molar-refractivity contribution in [3.63, 3.8) is 0 Å². The molecule has 0 aliphatic carbocycles. The van der Waals surface area contributed by atoms with Crippen LogP contribution in [0.2, 0.25) is 0 Å². The van der Waals surface area contributed by atoms with Gasteiger partial charge < -0.3 is 19.9 Å². The Labute approximate surface area is 95.2 Å². The number of hydrogen-bond acceptors (Lipinski definition) is 4. The topological polar surface area (TPSA) is 50.7 Å². The summed E-state index contributed by atoms with van der Waals surface area (Å²) in [7, 11) is 1.82. The van der Waals surface area contributed by atoms with E-state index in [1.165, 1.54) is 0 Å². The molecule has 1 aromatic rings. The molecule has 0 spiro atoms. The Kier molecular flexibility index (Phi) is 3.31. The summed E-state index contributed by atoms with van der Waals surface area (Å²) in [5.41, 5.74) is 2.02. The lowest BCUT2D eigenvalue weighted by Crippen LogP contribution is -2.17. The normalized spacial score (nSPS) is 15.2. The van der Waals surface area contributed by atoms with Gasteiger partial charge in [0, 0.05) is 6.54 Å². The first-order valence-electron chi connectivity index (χ1n) is 5.51. The van der Waals surface area contributed by atoms with Crippen LogP contribution >= 0.6 is 0 Å². The summed E-state index contributed by atoms with van der Waals surface area (Å²) in [6, 6.07) is 3.83. The Bertz CT molecular complexity index is 379. The van der Waals surface area contributed by atoms with Gasteiger partial charge in [0.2, 0.25) is 6.79 Å². The van der Waals surface area contributed by atoms with Gasteiger partial charge in [0.15, 0.2) is 11.5 Å². The lowest BCUT2D eigenvalue weighted by molar-refractivity contribution is 0.171. The first-order chi connectivity index (χ1) is 7.76. The highest BCUT2D eigenvalue weighted by atomic mass is 16.7. The highest BCUT2D eigenvalue weighted by molar-refractivity contribution is 5.49. The number of hydrogen-bond donors (Lipinski definition) is 2. The van der Waals surface area contributed by atoms with Gasteiger partial charge in [-0.15, -0.1) is 0 Å². The Hall–Kier alpha value is -1.26. The smallest absolute Gasteiger partial charge is 0.231 e. The second-order valence-corrected chi connectivity index (χ2v) is 3.83. The zero-order chi connectivity index (χ0) is 11.5. The molecule has 88 valence electrons. The van der Waals surface area contributed by atoms with E-state index in [0.29, 0.717) is 6.54 Å². The predicted octanol–water partition coefficient (Wildman–Crippen LogP) is 1.23. The first kappa shape index (κ1) is 11.2. The summed E-state index contributed by atoms with van der Waals surface area (Å²) in [4.78, 5) is 0. The monoisotopic (exact) mass is 223 g/mol. The Morgan fingerprint density at radius 3 is 2.69 bits per heavy atom. The fourth-order valence-corrected chi connectivity index (χ4v) is 1.92. The van der Waals surface area contributed by atoms with Crippen LogP contribution in [-0.4, -0.2) is 25.5 Å². The molecule has 0 saturated carbocycles. The van der Waals surface area contributed by atoms with Crippen molar-refractivity contribution in [1.29, 1.82) is 0 Å². The van der Waals surface area contributed by atoms with Crippen molar-refractivity contribution in [3.8, 4) is 11.5 Å². The summed E-state index contributed by atoms with van der Waals surface area (Å²) < 4.78 is 10.6. The third-order valence-electron chi connectivity index (χ3n) is 2.77. The van der Waals surface area contributed by atoms with Gasteiger partial charge in [0.05, 0.1) is 6.10 Å². The zero-order valence-electron chi connectivity index (χ0n) is 9.62. The van der Waals surface area contributed by atoms with E-state index >= 15 is 0 Å². The van der Waals surface area contributed by atoms with Gasteiger partial charge in [-0.2, -0.15) is 0 Å². The van der Waals surface area contributed by atoms with E-state index < -0.39 is 6.10 Å². The second-order valence-electron chi connectivity index (χ2n) is 3.83. The molecule has 1 aliphatic rings. The average Bonchev–Trinajstić information content (AvgIpc) is 2.74. The fourth-order valence-electron chi connectivity index (χ4n) is 1.92. The minimum Gasteiger partial charge on any atom is -0.454 e. The molecule has 0 amide bonds. The Balaban J connectivity index is 2.35. The molecule has 0 radical (unpaired) electrons. The molecule has 4 nitrogen and oxygen atoms in total. The van der Waals surface area contributed by atoms with Crippen molar-refractivity contribution >= 4 is 0 Å². The SMILES string of the molecule is CCc1cc2c(cc1C(O)CNC)OCO2. The van der Waals surface area contributed by atoms with Crippen molar-refractivity contribution < 1.29 is 14.6 Å². The van der Waals surface area contributed by atoms with Crippen LogP contribution in [0.4, 0.5) is 0 Å². The first-order valence-corrected chi connectivity index (χ1v) is 5.51. The molecular formula is C12H17NO3. The summed E-state index contributed by atoms with van der Waals surface area (Å²) in [5.74, 6) is 1.50. The molecule has 1 aliphatic heterocycles. The molecule has 1 aromatic carbocycles. The molecular weight excluding hydrogens is 206 g/mol. The highest BCUT2D eigenvalue weighted by Crippen LogP contribution is 2.36. The largest absolute Gasteiger partial charge is 0.454 e. The maximum absolute atomic E-state index is 10.0. The molecule has 1 unspecified atom stereocenters. The van der Waals surface area contributed by atoms with Crippen molar-refractivity contribution in [1.82, 2.24) is 5.32 Å². The predicted molar refractivity (Wildman–Crippen MR) is 60.8 cm³/mol. The maximum Gasteiger partial charge on any atom is 0.231 e. The molecule has 0 fully saturated rings. The Morgan fingerprint density at radius 1 is 1.38 bits per heavy atom. The van der Waals surface area contributed by atoms with Gasteiger partial charge in [0.25, 0.3) is 0 Å². The number of fused-ring (bicyclic) bond motifs is 1. The van der Waals surface area contributed by atoms with Crippen molar-refractivity contribution in [2.24, 2.45) is 0 Å². The molecule has 1 atom stereocenters. The summed E-state index contributed by atoms with van der Waals surface area (Å²) in [5, 5.41) is 13.0. The molecule has 0 saturated heterocycles. The van der Waals surface area contributed by atoms with Crippen LogP contribution in [0, 0.1) is 0 Å². The molecule has 4 heteroatoms. The van der Waals surface area contributed by atoms with Gasteiger partial charge in [0.1, 0.15) is 0 Å². The van der Waals surface area contributed by atoms with E-state index in [9.17, 15) is 5.11 Å². The average molecular weight is 223 g/mol. The third-order valence-corrected chi connectivity index (χ3v) is 2.77. The third kappa shape index (κ3) is 1.99. The van der Waals surface area contributed by atoms with E-state index in [4.69, 9.17) is 9.47 Å². The number of aliphatic hydroxyl groups excluding tert-OH is 1. The van der Waals surface area contributed by atoms with Gasteiger partial charge in [-0.05, 0) is 36.7 Å². The quantitative estimate of drug-likeness (QED) is 0.806. The summed E-state index contributed by atoms with van der Waals surface area (Å²) in [6.07, 6.45) is 0.363. The van der Waals surface area contributed by atoms with Crippen LogP contribution in [0.3, 0.4) is 0 Å². The molecule has 16 heavy (non-hydrogen) atoms. The van der Waals surface area contributed by atoms with Crippen LogP contribution in [0.25, 0.3) is 0 Å². The number of aryl methyl sites for hydroxylation is 1. The summed E-state index contributed by atoms with van der Waals surface area (Å²) in [6.45, 7) is 2.86. The van der Waals surface area contributed by atoms with Crippen LogP contribution in [0.5, 0.6) is 11.5 Å². The van der Waals surface area contributed by atoms with Gasteiger partial charge in [-0.3, -0.25) is 0 Å². The second kappa shape index (κ2) is 4.72. The molecule has 0 aromatic heterocycles. The summed E-state index contributed by atoms with van der Waals surface area (Å²) >= 11 is 0. The van der Waals surface area contributed by atoms with E-state index in [-0.39, 0.29) is 6.79 Å². The molecule has 1 heterocycles. The van der Waals surface area contributed by atoms with Crippen LogP contribution in [0.15, 0.2) is 12.1 Å². The number of aliphatic hydroxyl groups is 1. The van der Waals surface area contributed by atoms with Crippen molar-refractivity contribution in [2.75, 3.05) is 20.4 Å². The maximum atomic E-state index is 10.0. The number of benzene rings is 1. The zero-order valence-corrected chi connectivity index (χ0v) is 9.62. The standard InChI is InChI=1S/C12H17NO3/c1-3-8-4-11-12(16-7-15-11)5-9(8)10(14)6-13-2/h4-5,10,13-14H,3,6-7H2,1-2H3. The highest BCUT2D eigenvalue weighted by Gasteiger charge is 2.19. The number of likely N-dealkylation sites (N-methyl/N-ethyl adjacent to an activating group) is 1. The number of nitrogens with one attached hydrogen (secondary N) is 1. The van der Waals surface area contributed by atoms with Crippen molar-refractivity contribution in [3.05, 3.63) is 23.3 Å². The fraction of sp³-hybridized carbons (Fsp3) is 0.500. The minimum atomic E-state index is -0.505. The van der Waals surface area contributed by atoms with Crippen LogP contribution in [0.1, 0.15) is 24.2 Å². The molecule has 2 N–H and O–H groups in total. The number of rotatable bonds is 4. The Morgan fingerprint density at radius 2 is 2.06 bits per heavy atom. The lowest BCUT2D eigenvalue weighted by atomic mass is 9.99. The van der Waals surface area contributed by atoms with E-state index in [1.807, 2.05) is 19.2 Å². The van der Waals surface area contributed by atoms with Gasteiger partial charge in [-0.25, -0.2) is 0 Å². The lowest BCUT2D eigenvalue weighted by Gasteiger charge is -2.15. The number of ether oxygens (including phenoxy) is 2. The van der Waals surface area contributed by atoms with Crippen LogP contribution in [-0.2, 0) is 6.42 Å². The van der Waals surface area contributed by atoms with E-state index in [0.717, 1.165) is 29.0 Å². The van der Waals surface area contributed by atoms with Crippen molar-refractivity contribution in [2.45, 2.75) is 19.4 Å². The molecule has 2 rings (SSSR count). The van der Waals surface area contributed by atoms with E-state index in [1.54, 1.807) is 0 Å². The minimum absolute atomic E-state index is 0.268. The van der Waals surface area contributed by atoms with Gasteiger partial charge in [-0.1, -0.05) is 6.92 Å². The molecule has 0 bridgehead atoms. The van der Waals surface area contributed by atoms with Crippen LogP contribution < -0.4 is 14.8 Å². The van der Waals surface area contributed by atoms with E-state index in [2.05, 4.69) is 12.2 Å². The van der Waals surface area contributed by atoms with Gasteiger partial charge >= 0.3 is 0 Å².